The predicted molar refractivity (Wildman–Crippen MR) is 60.0 cm³/mol. The van der Waals surface area contributed by atoms with Crippen molar-refractivity contribution < 1.29 is 9.53 Å². The zero-order valence-corrected chi connectivity index (χ0v) is 9.22. The Hall–Kier alpha value is -1.62. The smallest absolute Gasteiger partial charge is 0.272 e. The van der Waals surface area contributed by atoms with Crippen molar-refractivity contribution in [3.8, 4) is 0 Å². The second-order valence-electron chi connectivity index (χ2n) is 3.91. The third kappa shape index (κ3) is 2.30. The summed E-state index contributed by atoms with van der Waals surface area (Å²) in [5.74, 6) is -0.0811. The molecule has 2 N–H and O–H groups in total. The van der Waals surface area contributed by atoms with E-state index in [2.05, 4.69) is 4.98 Å². The maximum atomic E-state index is 12.0. The molecule has 1 amide bonds. The van der Waals surface area contributed by atoms with Crippen LogP contribution < -0.4 is 5.73 Å². The maximum absolute atomic E-state index is 12.0. The van der Waals surface area contributed by atoms with Crippen LogP contribution >= 0.6 is 0 Å². The molecule has 0 aliphatic carbocycles. The molecule has 1 aromatic rings. The van der Waals surface area contributed by atoms with Crippen molar-refractivity contribution in [2.45, 2.75) is 13.0 Å². The third-order valence-corrected chi connectivity index (χ3v) is 2.53. The van der Waals surface area contributed by atoms with Gasteiger partial charge in [0.2, 0.25) is 0 Å². The lowest BCUT2D eigenvalue weighted by Gasteiger charge is -2.30. The first-order chi connectivity index (χ1) is 7.66. The van der Waals surface area contributed by atoms with E-state index in [1.807, 2.05) is 6.92 Å². The van der Waals surface area contributed by atoms with Crippen LogP contribution in [0.1, 0.15) is 17.4 Å². The molecule has 1 aromatic heterocycles. The quantitative estimate of drug-likeness (QED) is 0.750. The average molecular weight is 221 g/mol. The van der Waals surface area contributed by atoms with Gasteiger partial charge in [0.25, 0.3) is 5.91 Å². The van der Waals surface area contributed by atoms with Crippen LogP contribution in [-0.4, -0.2) is 41.6 Å². The third-order valence-electron chi connectivity index (χ3n) is 2.53. The topological polar surface area (TPSA) is 68.5 Å². The molecule has 1 aliphatic rings. The van der Waals surface area contributed by atoms with Crippen molar-refractivity contribution in [2.24, 2.45) is 0 Å². The second-order valence-corrected chi connectivity index (χ2v) is 3.91. The zero-order chi connectivity index (χ0) is 11.5. The zero-order valence-electron chi connectivity index (χ0n) is 9.22. The van der Waals surface area contributed by atoms with Gasteiger partial charge in [0.05, 0.1) is 12.7 Å². The number of rotatable bonds is 1. The van der Waals surface area contributed by atoms with Gasteiger partial charge in [-0.05, 0) is 19.1 Å². The molecule has 2 rings (SSSR count). The van der Waals surface area contributed by atoms with Crippen molar-refractivity contribution in [3.63, 3.8) is 0 Å². The molecule has 1 unspecified atom stereocenters. The summed E-state index contributed by atoms with van der Waals surface area (Å²) >= 11 is 0. The van der Waals surface area contributed by atoms with E-state index in [9.17, 15) is 4.79 Å². The fraction of sp³-hybridized carbons (Fsp3) is 0.455. The van der Waals surface area contributed by atoms with E-state index in [1.54, 1.807) is 23.2 Å². The standard InChI is InChI=1S/C11H15N3O2/c1-8-7-14(4-5-16-8)11(15)10-6-9(12)2-3-13-10/h2-3,6,8H,4-5,7H2,1H3,(H2,12,13). The number of nitrogens with two attached hydrogens (primary N) is 1. The van der Waals surface area contributed by atoms with Crippen LogP contribution in [0.5, 0.6) is 0 Å². The number of amides is 1. The molecule has 1 fully saturated rings. The molecule has 0 saturated carbocycles. The van der Waals surface area contributed by atoms with Crippen LogP contribution in [0.2, 0.25) is 0 Å². The number of morpholine rings is 1. The van der Waals surface area contributed by atoms with Gasteiger partial charge >= 0.3 is 0 Å². The van der Waals surface area contributed by atoms with E-state index < -0.39 is 0 Å². The highest BCUT2D eigenvalue weighted by Gasteiger charge is 2.23. The van der Waals surface area contributed by atoms with E-state index in [-0.39, 0.29) is 12.0 Å². The molecule has 2 heterocycles. The Morgan fingerprint density at radius 3 is 3.19 bits per heavy atom. The normalized spacial score (nSPS) is 20.8. The van der Waals surface area contributed by atoms with E-state index in [0.29, 0.717) is 31.1 Å². The minimum Gasteiger partial charge on any atom is -0.399 e. The minimum absolute atomic E-state index is 0.0811. The molecule has 1 aliphatic heterocycles. The number of carbonyl (C=O) groups is 1. The number of hydrogen-bond acceptors (Lipinski definition) is 4. The van der Waals surface area contributed by atoms with Crippen molar-refractivity contribution in [3.05, 3.63) is 24.0 Å². The second kappa shape index (κ2) is 4.49. The summed E-state index contributed by atoms with van der Waals surface area (Å²) in [4.78, 5) is 17.8. The molecule has 86 valence electrons. The monoisotopic (exact) mass is 221 g/mol. The Balaban J connectivity index is 2.12. The fourth-order valence-electron chi connectivity index (χ4n) is 1.73. The molecule has 0 aromatic carbocycles. The Morgan fingerprint density at radius 1 is 1.69 bits per heavy atom. The van der Waals surface area contributed by atoms with Crippen LogP contribution in [0.4, 0.5) is 5.69 Å². The Kier molecular flexibility index (Phi) is 3.05. The number of nitrogen functional groups attached to an aromatic ring is 1. The Bertz CT molecular complexity index is 395. The molecule has 1 atom stereocenters. The Morgan fingerprint density at radius 2 is 2.50 bits per heavy atom. The minimum atomic E-state index is -0.0811. The highest BCUT2D eigenvalue weighted by Crippen LogP contribution is 2.10. The molecular weight excluding hydrogens is 206 g/mol. The van der Waals surface area contributed by atoms with Gasteiger partial charge in [-0.2, -0.15) is 0 Å². The first kappa shape index (κ1) is 10.9. The molecule has 0 bridgehead atoms. The highest BCUT2D eigenvalue weighted by atomic mass is 16.5. The Labute approximate surface area is 94.2 Å². The molecule has 1 saturated heterocycles. The van der Waals surface area contributed by atoms with Crippen LogP contribution in [-0.2, 0) is 4.74 Å². The number of carbonyl (C=O) groups excluding carboxylic acids is 1. The first-order valence-corrected chi connectivity index (χ1v) is 5.29. The summed E-state index contributed by atoms with van der Waals surface area (Å²) in [5, 5.41) is 0. The number of pyridine rings is 1. The van der Waals surface area contributed by atoms with Gasteiger partial charge in [0, 0.05) is 25.0 Å². The van der Waals surface area contributed by atoms with Crippen molar-refractivity contribution in [1.82, 2.24) is 9.88 Å². The van der Waals surface area contributed by atoms with Gasteiger partial charge in [-0.25, -0.2) is 0 Å². The first-order valence-electron chi connectivity index (χ1n) is 5.29. The molecular formula is C11H15N3O2. The number of hydrogen-bond donors (Lipinski definition) is 1. The summed E-state index contributed by atoms with van der Waals surface area (Å²) in [6.07, 6.45) is 1.63. The lowest BCUT2D eigenvalue weighted by molar-refractivity contribution is -0.0126. The number of aromatic nitrogens is 1. The number of nitrogens with zero attached hydrogens (tertiary/aromatic N) is 2. The summed E-state index contributed by atoms with van der Waals surface area (Å²) in [6, 6.07) is 3.27. The van der Waals surface area contributed by atoms with Crippen LogP contribution in [0.15, 0.2) is 18.3 Å². The average Bonchev–Trinajstić information content (AvgIpc) is 2.28. The van der Waals surface area contributed by atoms with E-state index in [1.165, 1.54) is 0 Å². The summed E-state index contributed by atoms with van der Waals surface area (Å²) < 4.78 is 5.38. The highest BCUT2D eigenvalue weighted by molar-refractivity contribution is 5.93. The van der Waals surface area contributed by atoms with Crippen molar-refractivity contribution in [1.29, 1.82) is 0 Å². The van der Waals surface area contributed by atoms with Gasteiger partial charge in [-0.3, -0.25) is 9.78 Å². The summed E-state index contributed by atoms with van der Waals surface area (Å²) in [6.45, 7) is 3.75. The maximum Gasteiger partial charge on any atom is 0.272 e. The fourth-order valence-corrected chi connectivity index (χ4v) is 1.73. The van der Waals surface area contributed by atoms with Crippen LogP contribution in [0.3, 0.4) is 0 Å². The largest absolute Gasteiger partial charge is 0.399 e. The summed E-state index contributed by atoms with van der Waals surface area (Å²) in [5.41, 5.74) is 6.57. The van der Waals surface area contributed by atoms with Gasteiger partial charge in [0.1, 0.15) is 5.69 Å². The van der Waals surface area contributed by atoms with E-state index in [4.69, 9.17) is 10.5 Å². The molecule has 0 spiro atoms. The number of anilines is 1. The van der Waals surface area contributed by atoms with Gasteiger partial charge in [0.15, 0.2) is 0 Å². The van der Waals surface area contributed by atoms with Gasteiger partial charge < -0.3 is 15.4 Å². The van der Waals surface area contributed by atoms with Gasteiger partial charge in [-0.15, -0.1) is 0 Å². The van der Waals surface area contributed by atoms with Crippen LogP contribution in [0.25, 0.3) is 0 Å². The lowest BCUT2D eigenvalue weighted by atomic mass is 10.2. The lowest BCUT2D eigenvalue weighted by Crippen LogP contribution is -2.44. The van der Waals surface area contributed by atoms with Crippen molar-refractivity contribution >= 4 is 11.6 Å². The summed E-state index contributed by atoms with van der Waals surface area (Å²) in [7, 11) is 0. The van der Waals surface area contributed by atoms with Crippen molar-refractivity contribution in [2.75, 3.05) is 25.4 Å². The van der Waals surface area contributed by atoms with Gasteiger partial charge in [-0.1, -0.05) is 0 Å². The van der Waals surface area contributed by atoms with Crippen LogP contribution in [0, 0.1) is 0 Å². The predicted octanol–water partition coefficient (Wildman–Crippen LogP) is 0.525. The molecule has 16 heavy (non-hydrogen) atoms. The molecule has 5 heteroatoms. The van der Waals surface area contributed by atoms with E-state index in [0.717, 1.165) is 0 Å². The molecule has 5 nitrogen and oxygen atoms in total. The SMILES string of the molecule is CC1CN(C(=O)c2cc(N)ccn2)CCO1. The van der Waals surface area contributed by atoms with E-state index >= 15 is 0 Å². The molecule has 0 radical (unpaired) electrons. The number of ether oxygens (including phenoxy) is 1.